The quantitative estimate of drug-likeness (QED) is 0.579. The molecule has 1 aliphatic carbocycles. The van der Waals surface area contributed by atoms with Crippen LogP contribution in [0.4, 0.5) is 0 Å². The third kappa shape index (κ3) is 4.42. The van der Waals surface area contributed by atoms with Gasteiger partial charge in [-0.1, -0.05) is 17.7 Å². The van der Waals surface area contributed by atoms with Gasteiger partial charge in [-0.2, -0.15) is 0 Å². The number of hydrogen-bond acceptors (Lipinski definition) is 5. The van der Waals surface area contributed by atoms with Gasteiger partial charge in [-0.25, -0.2) is 22.6 Å². The van der Waals surface area contributed by atoms with Gasteiger partial charge in [-0.05, 0) is 62.6 Å². The Morgan fingerprint density at radius 3 is 2.45 bits per heavy atom. The Morgan fingerprint density at radius 2 is 1.84 bits per heavy atom. The fraction of sp³-hybridized carbons (Fsp3) is 0.364. The predicted octanol–water partition coefficient (Wildman–Crippen LogP) is 2.65. The van der Waals surface area contributed by atoms with Crippen LogP contribution < -0.4 is 15.1 Å². The summed E-state index contributed by atoms with van der Waals surface area (Å²) in [6, 6.07) is 12.7. The minimum absolute atomic E-state index is 0.0687. The van der Waals surface area contributed by atoms with E-state index in [1.807, 2.05) is 37.3 Å². The lowest BCUT2D eigenvalue weighted by Gasteiger charge is -2.09. The van der Waals surface area contributed by atoms with Crippen molar-refractivity contribution >= 4 is 10.0 Å². The van der Waals surface area contributed by atoms with Crippen LogP contribution in [0.3, 0.4) is 0 Å². The predicted molar refractivity (Wildman–Crippen MR) is 118 cm³/mol. The SMILES string of the molecule is COc1ccc(-c2nn(CCNS(=O)(=O)c3ccc(C)cc3C)c(=O)n2C2CC2)cc1. The molecule has 1 fully saturated rings. The molecule has 0 atom stereocenters. The van der Waals surface area contributed by atoms with Gasteiger partial charge in [0.1, 0.15) is 5.75 Å². The highest BCUT2D eigenvalue weighted by molar-refractivity contribution is 7.89. The highest BCUT2D eigenvalue weighted by Gasteiger charge is 2.30. The molecular weight excluding hydrogens is 416 g/mol. The summed E-state index contributed by atoms with van der Waals surface area (Å²) in [5.74, 6) is 1.32. The molecular formula is C22H26N4O4S. The topological polar surface area (TPSA) is 95.2 Å². The molecule has 0 saturated heterocycles. The van der Waals surface area contributed by atoms with E-state index in [1.165, 1.54) is 4.68 Å². The van der Waals surface area contributed by atoms with E-state index in [9.17, 15) is 13.2 Å². The normalized spacial score (nSPS) is 14.0. The first-order chi connectivity index (χ1) is 14.8. The largest absolute Gasteiger partial charge is 0.497 e. The molecule has 0 amide bonds. The number of aromatic nitrogens is 3. The van der Waals surface area contributed by atoms with Crippen molar-refractivity contribution in [2.24, 2.45) is 0 Å². The number of ether oxygens (including phenoxy) is 1. The first-order valence-electron chi connectivity index (χ1n) is 10.2. The van der Waals surface area contributed by atoms with Gasteiger partial charge in [0.25, 0.3) is 0 Å². The number of sulfonamides is 1. The van der Waals surface area contributed by atoms with Crippen LogP contribution in [-0.2, 0) is 16.6 Å². The second kappa shape index (κ2) is 8.32. The van der Waals surface area contributed by atoms with Crippen LogP contribution in [-0.4, -0.2) is 36.4 Å². The van der Waals surface area contributed by atoms with Gasteiger partial charge < -0.3 is 4.74 Å². The van der Waals surface area contributed by atoms with E-state index < -0.39 is 10.0 Å². The van der Waals surface area contributed by atoms with Crippen molar-refractivity contribution in [3.63, 3.8) is 0 Å². The van der Waals surface area contributed by atoms with Crippen LogP contribution in [0.5, 0.6) is 5.75 Å². The molecule has 9 heteroatoms. The standard InChI is InChI=1S/C22H26N4O4S/c1-15-4-11-20(16(2)14-15)31(28,29)23-12-13-25-22(27)26(18-7-8-18)21(24-25)17-5-9-19(30-3)10-6-17/h4-6,9-11,14,18,23H,7-8,12-13H2,1-3H3. The summed E-state index contributed by atoms with van der Waals surface area (Å²) in [5, 5.41) is 4.51. The summed E-state index contributed by atoms with van der Waals surface area (Å²) >= 11 is 0. The van der Waals surface area contributed by atoms with Gasteiger partial charge in [0.2, 0.25) is 10.0 Å². The fourth-order valence-corrected chi connectivity index (χ4v) is 4.87. The highest BCUT2D eigenvalue weighted by Crippen LogP contribution is 2.36. The molecule has 0 aliphatic heterocycles. The molecule has 31 heavy (non-hydrogen) atoms. The van der Waals surface area contributed by atoms with Gasteiger partial charge in [0.05, 0.1) is 18.6 Å². The highest BCUT2D eigenvalue weighted by atomic mass is 32.2. The second-order valence-corrected chi connectivity index (χ2v) is 9.56. The van der Waals surface area contributed by atoms with E-state index in [4.69, 9.17) is 4.74 Å². The summed E-state index contributed by atoms with van der Waals surface area (Å²) in [5.41, 5.74) is 2.28. The molecule has 1 saturated carbocycles. The zero-order chi connectivity index (χ0) is 22.2. The van der Waals surface area contributed by atoms with Gasteiger partial charge in [0, 0.05) is 18.2 Å². The number of nitrogens with one attached hydrogen (secondary N) is 1. The molecule has 1 aromatic heterocycles. The molecule has 1 heterocycles. The smallest absolute Gasteiger partial charge is 0.346 e. The van der Waals surface area contributed by atoms with Crippen molar-refractivity contribution in [3.8, 4) is 17.1 Å². The van der Waals surface area contributed by atoms with E-state index in [-0.39, 0.29) is 29.7 Å². The lowest BCUT2D eigenvalue weighted by atomic mass is 10.2. The molecule has 164 valence electrons. The number of nitrogens with zero attached hydrogens (tertiary/aromatic N) is 3. The number of rotatable bonds is 8. The summed E-state index contributed by atoms with van der Waals surface area (Å²) in [6.07, 6.45) is 1.88. The minimum Gasteiger partial charge on any atom is -0.497 e. The molecule has 1 N–H and O–H groups in total. The van der Waals surface area contributed by atoms with Crippen LogP contribution in [0.25, 0.3) is 11.4 Å². The van der Waals surface area contributed by atoms with E-state index in [2.05, 4.69) is 9.82 Å². The van der Waals surface area contributed by atoms with Crippen LogP contribution in [0, 0.1) is 13.8 Å². The molecule has 1 aliphatic rings. The third-order valence-electron chi connectivity index (χ3n) is 5.37. The van der Waals surface area contributed by atoms with Crippen molar-refractivity contribution in [2.45, 2.75) is 44.2 Å². The minimum atomic E-state index is -3.67. The maximum Gasteiger partial charge on any atom is 0.346 e. The maximum atomic E-state index is 12.9. The van der Waals surface area contributed by atoms with Crippen LogP contribution in [0.15, 0.2) is 52.2 Å². The van der Waals surface area contributed by atoms with E-state index in [0.717, 1.165) is 29.7 Å². The first-order valence-corrected chi connectivity index (χ1v) is 11.7. The lowest BCUT2D eigenvalue weighted by Crippen LogP contribution is -2.32. The van der Waals surface area contributed by atoms with Crippen molar-refractivity contribution < 1.29 is 13.2 Å². The number of aryl methyl sites for hydroxylation is 2. The van der Waals surface area contributed by atoms with Gasteiger partial charge in [-0.3, -0.25) is 4.57 Å². The molecule has 0 spiro atoms. The monoisotopic (exact) mass is 442 g/mol. The number of hydrogen-bond donors (Lipinski definition) is 1. The Kier molecular flexibility index (Phi) is 5.72. The zero-order valence-corrected chi connectivity index (χ0v) is 18.6. The Hall–Kier alpha value is -2.91. The second-order valence-electron chi connectivity index (χ2n) is 7.83. The van der Waals surface area contributed by atoms with E-state index in [0.29, 0.717) is 11.4 Å². The van der Waals surface area contributed by atoms with Crippen molar-refractivity contribution in [1.29, 1.82) is 0 Å². The average Bonchev–Trinajstić information content (AvgIpc) is 3.52. The molecule has 0 bridgehead atoms. The third-order valence-corrected chi connectivity index (χ3v) is 6.99. The zero-order valence-electron chi connectivity index (χ0n) is 17.8. The Balaban J connectivity index is 1.54. The van der Waals surface area contributed by atoms with E-state index in [1.54, 1.807) is 30.7 Å². The van der Waals surface area contributed by atoms with Crippen molar-refractivity contribution in [1.82, 2.24) is 19.1 Å². The summed E-state index contributed by atoms with van der Waals surface area (Å²) < 4.78 is 36.2. The Labute approximate surface area is 181 Å². The average molecular weight is 443 g/mol. The van der Waals surface area contributed by atoms with Crippen molar-refractivity contribution in [3.05, 3.63) is 64.1 Å². The first kappa shape index (κ1) is 21.3. The molecule has 0 radical (unpaired) electrons. The van der Waals surface area contributed by atoms with Crippen molar-refractivity contribution in [2.75, 3.05) is 13.7 Å². The fourth-order valence-electron chi connectivity index (χ4n) is 3.63. The summed E-state index contributed by atoms with van der Waals surface area (Å²) in [7, 11) is -2.07. The lowest BCUT2D eigenvalue weighted by molar-refractivity contribution is 0.415. The maximum absolute atomic E-state index is 12.9. The molecule has 2 aromatic carbocycles. The summed E-state index contributed by atoms with van der Waals surface area (Å²) in [6.45, 7) is 3.90. The van der Waals surface area contributed by atoms with Gasteiger partial charge in [-0.15, -0.1) is 5.10 Å². The Bertz CT molecular complexity index is 1260. The molecule has 4 rings (SSSR count). The molecule has 8 nitrogen and oxygen atoms in total. The van der Waals surface area contributed by atoms with Crippen LogP contribution >= 0.6 is 0 Å². The Morgan fingerprint density at radius 1 is 1.13 bits per heavy atom. The summed E-state index contributed by atoms with van der Waals surface area (Å²) in [4.78, 5) is 13.2. The van der Waals surface area contributed by atoms with Gasteiger partial charge >= 0.3 is 5.69 Å². The number of methoxy groups -OCH3 is 1. The molecule has 3 aromatic rings. The van der Waals surface area contributed by atoms with Gasteiger partial charge in [0.15, 0.2) is 5.82 Å². The molecule has 0 unspecified atom stereocenters. The van der Waals surface area contributed by atoms with E-state index >= 15 is 0 Å². The van der Waals surface area contributed by atoms with Crippen LogP contribution in [0.2, 0.25) is 0 Å². The number of benzene rings is 2. The van der Waals surface area contributed by atoms with Crippen LogP contribution in [0.1, 0.15) is 30.0 Å².